The molecular weight excluding hydrogens is 398 g/mol. The van der Waals surface area contributed by atoms with Crippen LogP contribution in [0.15, 0.2) is 40.8 Å². The number of ether oxygens (including phenoxy) is 1. The number of hydrogen-bond donors (Lipinski definition) is 2. The number of amides is 4. The molecule has 4 amide bonds. The van der Waals surface area contributed by atoms with Gasteiger partial charge < -0.3 is 19.8 Å². The molecule has 0 aliphatic carbocycles. The van der Waals surface area contributed by atoms with Crippen LogP contribution in [0.25, 0.3) is 21.9 Å². The van der Waals surface area contributed by atoms with Gasteiger partial charge in [0.15, 0.2) is 0 Å². The van der Waals surface area contributed by atoms with Crippen LogP contribution in [-0.4, -0.2) is 41.4 Å². The van der Waals surface area contributed by atoms with Crippen molar-refractivity contribution >= 4 is 45.5 Å². The van der Waals surface area contributed by atoms with Crippen LogP contribution in [0.2, 0.25) is 0 Å². The zero-order valence-corrected chi connectivity index (χ0v) is 17.9. The van der Waals surface area contributed by atoms with Crippen molar-refractivity contribution < 1.29 is 23.5 Å². The zero-order chi connectivity index (χ0) is 22.3. The first-order valence-corrected chi connectivity index (χ1v) is 10.3. The van der Waals surface area contributed by atoms with E-state index < -0.39 is 23.5 Å². The van der Waals surface area contributed by atoms with Gasteiger partial charge in [0.2, 0.25) is 5.91 Å². The molecule has 3 aromatic rings. The second kappa shape index (κ2) is 7.61. The second-order valence-corrected chi connectivity index (χ2v) is 7.71. The maximum absolute atomic E-state index is 13.0. The molecule has 4 rings (SSSR count). The molecule has 162 valence electrons. The molecular formula is C23H25N3O5. The van der Waals surface area contributed by atoms with E-state index in [1.807, 2.05) is 38.1 Å². The molecule has 8 heteroatoms. The number of nitrogens with zero attached hydrogens (tertiary/aromatic N) is 1. The number of methoxy groups -OCH3 is 1. The Bertz CT molecular complexity index is 1190. The van der Waals surface area contributed by atoms with Gasteiger partial charge in [-0.05, 0) is 31.9 Å². The minimum Gasteiger partial charge on any atom is -0.495 e. The Labute approximate surface area is 179 Å². The standard InChI is InChI=1S/C23H25N3O5/c1-5-23(6-2)21(28)26(22(29)25-23)13(3)20(27)24-16-12-18-15(11-19(16)30-4)14-9-7-8-10-17(14)31-18/h7-13H,5-6H2,1-4H3,(H,24,27)(H,25,29)/t13-/m0/s1. The van der Waals surface area contributed by atoms with Crippen molar-refractivity contribution in [3.05, 3.63) is 36.4 Å². The first-order chi connectivity index (χ1) is 14.8. The van der Waals surface area contributed by atoms with E-state index in [9.17, 15) is 14.4 Å². The summed E-state index contributed by atoms with van der Waals surface area (Å²) < 4.78 is 11.4. The normalized spacial score (nSPS) is 16.6. The highest BCUT2D eigenvalue weighted by atomic mass is 16.5. The Morgan fingerprint density at radius 1 is 1.16 bits per heavy atom. The van der Waals surface area contributed by atoms with E-state index in [0.29, 0.717) is 29.9 Å². The largest absolute Gasteiger partial charge is 0.495 e. The van der Waals surface area contributed by atoms with Crippen LogP contribution in [-0.2, 0) is 9.59 Å². The summed E-state index contributed by atoms with van der Waals surface area (Å²) in [6, 6.07) is 9.56. The van der Waals surface area contributed by atoms with E-state index in [2.05, 4.69) is 10.6 Å². The average Bonchev–Trinajstić information content (AvgIpc) is 3.26. The average molecular weight is 423 g/mol. The summed E-state index contributed by atoms with van der Waals surface area (Å²) in [5, 5.41) is 7.33. The highest BCUT2D eigenvalue weighted by Crippen LogP contribution is 2.36. The topological polar surface area (TPSA) is 101 Å². The number of imide groups is 1. The van der Waals surface area contributed by atoms with Crippen LogP contribution >= 0.6 is 0 Å². The summed E-state index contributed by atoms with van der Waals surface area (Å²) in [4.78, 5) is 39.4. The van der Waals surface area contributed by atoms with Gasteiger partial charge in [0.25, 0.3) is 5.91 Å². The summed E-state index contributed by atoms with van der Waals surface area (Å²) in [6.45, 7) is 5.20. The molecule has 0 radical (unpaired) electrons. The molecule has 2 N–H and O–H groups in total. The lowest BCUT2D eigenvalue weighted by Crippen LogP contribution is -2.49. The maximum atomic E-state index is 13.0. The molecule has 1 fully saturated rings. The Morgan fingerprint density at radius 3 is 2.52 bits per heavy atom. The van der Waals surface area contributed by atoms with Gasteiger partial charge in [0, 0.05) is 16.8 Å². The van der Waals surface area contributed by atoms with Crippen molar-refractivity contribution in [1.82, 2.24) is 10.2 Å². The van der Waals surface area contributed by atoms with Crippen molar-refractivity contribution in [3.63, 3.8) is 0 Å². The SMILES string of the molecule is CCC1(CC)NC(=O)N([C@@H](C)C(=O)Nc2cc3oc4ccccc4c3cc2OC)C1=O. The molecule has 0 saturated carbocycles. The van der Waals surface area contributed by atoms with E-state index >= 15 is 0 Å². The molecule has 31 heavy (non-hydrogen) atoms. The summed E-state index contributed by atoms with van der Waals surface area (Å²) in [5.41, 5.74) is 0.758. The summed E-state index contributed by atoms with van der Waals surface area (Å²) in [6.07, 6.45) is 0.908. The summed E-state index contributed by atoms with van der Waals surface area (Å²) in [5.74, 6) is -0.432. The highest BCUT2D eigenvalue weighted by molar-refractivity contribution is 6.12. The van der Waals surface area contributed by atoms with Crippen LogP contribution in [0.3, 0.4) is 0 Å². The van der Waals surface area contributed by atoms with Gasteiger partial charge in [-0.2, -0.15) is 0 Å². The first kappa shape index (κ1) is 20.7. The lowest BCUT2D eigenvalue weighted by atomic mass is 9.93. The van der Waals surface area contributed by atoms with Crippen LogP contribution in [0.1, 0.15) is 33.6 Å². The van der Waals surface area contributed by atoms with Crippen LogP contribution in [0.5, 0.6) is 5.75 Å². The Hall–Kier alpha value is -3.55. The highest BCUT2D eigenvalue weighted by Gasteiger charge is 2.51. The van der Waals surface area contributed by atoms with E-state index in [1.54, 1.807) is 12.1 Å². The quantitative estimate of drug-likeness (QED) is 0.583. The van der Waals surface area contributed by atoms with Gasteiger partial charge in [-0.15, -0.1) is 0 Å². The maximum Gasteiger partial charge on any atom is 0.325 e. The first-order valence-electron chi connectivity index (χ1n) is 10.3. The van der Waals surface area contributed by atoms with Gasteiger partial charge in [-0.1, -0.05) is 32.0 Å². The number of fused-ring (bicyclic) bond motifs is 3. The van der Waals surface area contributed by atoms with Crippen molar-refractivity contribution in [3.8, 4) is 5.75 Å². The number of hydrogen-bond acceptors (Lipinski definition) is 5. The number of urea groups is 1. The number of carbonyl (C=O) groups is 3. The third-order valence-corrected chi connectivity index (χ3v) is 6.12. The van der Waals surface area contributed by atoms with Gasteiger partial charge in [-0.3, -0.25) is 9.59 Å². The Balaban J connectivity index is 1.64. The molecule has 1 aliphatic rings. The minimum atomic E-state index is -0.997. The van der Waals surface area contributed by atoms with E-state index in [1.165, 1.54) is 14.0 Å². The number of nitrogens with one attached hydrogen (secondary N) is 2. The van der Waals surface area contributed by atoms with E-state index in [0.717, 1.165) is 21.3 Å². The molecule has 0 unspecified atom stereocenters. The lowest BCUT2D eigenvalue weighted by Gasteiger charge is -2.25. The Kier molecular flexibility index (Phi) is 5.08. The van der Waals surface area contributed by atoms with E-state index in [4.69, 9.17) is 9.15 Å². The summed E-state index contributed by atoms with van der Waals surface area (Å²) in [7, 11) is 1.51. The number of furan rings is 1. The van der Waals surface area contributed by atoms with Gasteiger partial charge in [-0.25, -0.2) is 9.69 Å². The third kappa shape index (κ3) is 3.19. The fraction of sp³-hybridized carbons (Fsp3) is 0.348. The molecule has 2 aromatic carbocycles. The number of anilines is 1. The Morgan fingerprint density at radius 2 is 1.87 bits per heavy atom. The number of benzene rings is 2. The van der Waals surface area contributed by atoms with Gasteiger partial charge >= 0.3 is 6.03 Å². The molecule has 1 atom stereocenters. The number of carbonyl (C=O) groups excluding carboxylic acids is 3. The zero-order valence-electron chi connectivity index (χ0n) is 17.9. The minimum absolute atomic E-state index is 0.384. The molecule has 1 saturated heterocycles. The van der Waals surface area contributed by atoms with Gasteiger partial charge in [0.1, 0.15) is 28.5 Å². The van der Waals surface area contributed by atoms with Crippen LogP contribution in [0.4, 0.5) is 10.5 Å². The van der Waals surface area contributed by atoms with E-state index in [-0.39, 0.29) is 5.91 Å². The van der Waals surface area contributed by atoms with Crippen molar-refractivity contribution in [2.75, 3.05) is 12.4 Å². The number of rotatable bonds is 6. The number of para-hydroxylation sites is 1. The van der Waals surface area contributed by atoms with Crippen molar-refractivity contribution in [1.29, 1.82) is 0 Å². The molecule has 1 aliphatic heterocycles. The smallest absolute Gasteiger partial charge is 0.325 e. The predicted octanol–water partition coefficient (Wildman–Crippen LogP) is 4.03. The van der Waals surface area contributed by atoms with Crippen LogP contribution < -0.4 is 15.4 Å². The fourth-order valence-electron chi connectivity index (χ4n) is 4.09. The predicted molar refractivity (Wildman–Crippen MR) is 117 cm³/mol. The lowest BCUT2D eigenvalue weighted by molar-refractivity contribution is -0.136. The molecule has 0 bridgehead atoms. The van der Waals surface area contributed by atoms with Crippen molar-refractivity contribution in [2.45, 2.75) is 45.2 Å². The third-order valence-electron chi connectivity index (χ3n) is 6.12. The monoisotopic (exact) mass is 423 g/mol. The fourth-order valence-corrected chi connectivity index (χ4v) is 4.09. The van der Waals surface area contributed by atoms with Crippen molar-refractivity contribution in [2.24, 2.45) is 0 Å². The van der Waals surface area contributed by atoms with Crippen LogP contribution in [0, 0.1) is 0 Å². The molecule has 8 nitrogen and oxygen atoms in total. The molecule has 0 spiro atoms. The second-order valence-electron chi connectivity index (χ2n) is 7.71. The molecule has 1 aromatic heterocycles. The molecule has 2 heterocycles. The van der Waals surface area contributed by atoms with Gasteiger partial charge in [0.05, 0.1) is 12.8 Å². The summed E-state index contributed by atoms with van der Waals surface area (Å²) >= 11 is 0.